The summed E-state index contributed by atoms with van der Waals surface area (Å²) in [5.74, 6) is 0.536. The lowest BCUT2D eigenvalue weighted by Crippen LogP contribution is -2.10. The van der Waals surface area contributed by atoms with Crippen LogP contribution in [0, 0.1) is 0 Å². The second kappa shape index (κ2) is 9.61. The van der Waals surface area contributed by atoms with Crippen LogP contribution in [0.4, 0.5) is 0 Å². The van der Waals surface area contributed by atoms with Crippen LogP contribution in [-0.2, 0) is 9.53 Å². The van der Waals surface area contributed by atoms with Gasteiger partial charge in [-0.2, -0.15) is 0 Å². The van der Waals surface area contributed by atoms with Crippen molar-refractivity contribution in [2.45, 2.75) is 26.2 Å². The van der Waals surface area contributed by atoms with Crippen molar-refractivity contribution in [3.05, 3.63) is 65.7 Å². The Bertz CT molecular complexity index is 564. The van der Waals surface area contributed by atoms with Gasteiger partial charge in [0.1, 0.15) is 5.75 Å². The molecule has 0 spiro atoms. The first-order chi connectivity index (χ1) is 10.7. The van der Waals surface area contributed by atoms with E-state index in [2.05, 4.69) is 0 Å². The molecule has 0 bridgehead atoms. The number of carbonyl (C=O) groups is 1. The second-order valence-electron chi connectivity index (χ2n) is 4.52. The molecule has 118 valence electrons. The highest BCUT2D eigenvalue weighted by molar-refractivity contribution is 5.71. The molecule has 0 saturated carbocycles. The van der Waals surface area contributed by atoms with E-state index in [9.17, 15) is 4.79 Å². The summed E-state index contributed by atoms with van der Waals surface area (Å²) in [7, 11) is 3.05. The van der Waals surface area contributed by atoms with Crippen molar-refractivity contribution in [2.24, 2.45) is 0 Å². The molecule has 0 radical (unpaired) electrons. The average molecular weight is 300 g/mol. The number of hydrogen-bond donors (Lipinski definition) is 0. The maximum absolute atomic E-state index is 11.7. The minimum Gasteiger partial charge on any atom is -0.497 e. The fourth-order valence-electron chi connectivity index (χ4n) is 2.22. The molecule has 0 aliphatic heterocycles. The number of carbonyl (C=O) groups excluding carboxylic acids is 1. The summed E-state index contributed by atoms with van der Waals surface area (Å²) < 4.78 is 10.1. The summed E-state index contributed by atoms with van der Waals surface area (Å²) in [6, 6.07) is 17.7. The fourth-order valence-corrected chi connectivity index (χ4v) is 2.22. The van der Waals surface area contributed by atoms with E-state index in [1.807, 2.05) is 68.4 Å². The molecular weight excluding hydrogens is 276 g/mol. The molecule has 2 aromatic carbocycles. The molecule has 0 saturated heterocycles. The third kappa shape index (κ3) is 4.92. The Hall–Kier alpha value is -2.29. The van der Waals surface area contributed by atoms with Crippen LogP contribution in [0.1, 0.15) is 37.3 Å². The highest BCUT2D eigenvalue weighted by Gasteiger charge is 2.19. The summed E-state index contributed by atoms with van der Waals surface area (Å²) in [6.45, 7) is 4.00. The van der Waals surface area contributed by atoms with E-state index in [4.69, 9.17) is 9.47 Å². The lowest BCUT2D eigenvalue weighted by atomic mass is 9.88. The predicted molar refractivity (Wildman–Crippen MR) is 89.3 cm³/mol. The first-order valence-electron chi connectivity index (χ1n) is 7.50. The van der Waals surface area contributed by atoms with Crippen LogP contribution in [0.5, 0.6) is 5.75 Å². The summed E-state index contributed by atoms with van der Waals surface area (Å²) in [5, 5.41) is 0. The zero-order valence-corrected chi connectivity index (χ0v) is 13.7. The summed E-state index contributed by atoms with van der Waals surface area (Å²) in [5.41, 5.74) is 2.13. The molecule has 0 N–H and O–H groups in total. The van der Waals surface area contributed by atoms with Crippen LogP contribution in [0.15, 0.2) is 54.6 Å². The van der Waals surface area contributed by atoms with E-state index >= 15 is 0 Å². The SMILES string of the molecule is CC.COC(=O)CC(c1ccccc1)c1cccc(OC)c1. The Morgan fingerprint density at radius 1 is 0.955 bits per heavy atom. The Labute approximate surface area is 132 Å². The normalized spacial score (nSPS) is 10.9. The molecule has 0 aliphatic carbocycles. The zero-order chi connectivity index (χ0) is 16.4. The van der Waals surface area contributed by atoms with Gasteiger partial charge >= 0.3 is 5.97 Å². The maximum atomic E-state index is 11.7. The Morgan fingerprint density at radius 2 is 1.59 bits per heavy atom. The third-order valence-electron chi connectivity index (χ3n) is 3.30. The van der Waals surface area contributed by atoms with Gasteiger partial charge in [0.25, 0.3) is 0 Å². The van der Waals surface area contributed by atoms with E-state index in [1.165, 1.54) is 7.11 Å². The van der Waals surface area contributed by atoms with Crippen LogP contribution in [0.2, 0.25) is 0 Å². The quantitative estimate of drug-likeness (QED) is 0.767. The minimum absolute atomic E-state index is 0.0289. The third-order valence-corrected chi connectivity index (χ3v) is 3.30. The van der Waals surface area contributed by atoms with E-state index in [0.717, 1.165) is 16.9 Å². The van der Waals surface area contributed by atoms with E-state index in [-0.39, 0.29) is 11.9 Å². The number of methoxy groups -OCH3 is 2. The summed E-state index contributed by atoms with van der Waals surface area (Å²) >= 11 is 0. The van der Waals surface area contributed by atoms with Crippen molar-refractivity contribution >= 4 is 5.97 Å². The minimum atomic E-state index is -0.221. The number of rotatable bonds is 5. The molecule has 22 heavy (non-hydrogen) atoms. The molecular formula is C19H24O3. The van der Waals surface area contributed by atoms with Gasteiger partial charge in [-0.3, -0.25) is 4.79 Å². The van der Waals surface area contributed by atoms with Crippen LogP contribution in [0.3, 0.4) is 0 Å². The van der Waals surface area contributed by atoms with Crippen molar-refractivity contribution in [1.82, 2.24) is 0 Å². The molecule has 0 heterocycles. The van der Waals surface area contributed by atoms with Gasteiger partial charge in [0.2, 0.25) is 0 Å². The zero-order valence-electron chi connectivity index (χ0n) is 13.7. The first-order valence-corrected chi connectivity index (χ1v) is 7.50. The molecule has 3 heteroatoms. The van der Waals surface area contributed by atoms with E-state index < -0.39 is 0 Å². The van der Waals surface area contributed by atoms with Gasteiger partial charge in [0.05, 0.1) is 20.6 Å². The number of benzene rings is 2. The predicted octanol–water partition coefficient (Wildman–Crippen LogP) is 4.42. The lowest BCUT2D eigenvalue weighted by molar-refractivity contribution is -0.140. The molecule has 1 atom stereocenters. The number of esters is 1. The molecule has 3 nitrogen and oxygen atoms in total. The Kier molecular flexibility index (Phi) is 7.76. The highest BCUT2D eigenvalue weighted by atomic mass is 16.5. The van der Waals surface area contributed by atoms with Crippen molar-refractivity contribution in [3.8, 4) is 5.75 Å². The van der Waals surface area contributed by atoms with Crippen molar-refractivity contribution in [3.63, 3.8) is 0 Å². The summed E-state index contributed by atoms with van der Waals surface area (Å²) in [4.78, 5) is 11.7. The van der Waals surface area contributed by atoms with Gasteiger partial charge < -0.3 is 9.47 Å². The summed E-state index contributed by atoms with van der Waals surface area (Å²) in [6.07, 6.45) is 0.313. The van der Waals surface area contributed by atoms with Crippen molar-refractivity contribution in [1.29, 1.82) is 0 Å². The smallest absolute Gasteiger partial charge is 0.306 e. The number of hydrogen-bond acceptors (Lipinski definition) is 3. The van der Waals surface area contributed by atoms with E-state index in [1.54, 1.807) is 7.11 Å². The molecule has 0 amide bonds. The van der Waals surface area contributed by atoms with Gasteiger partial charge in [-0.25, -0.2) is 0 Å². The molecule has 0 fully saturated rings. The van der Waals surface area contributed by atoms with E-state index in [0.29, 0.717) is 6.42 Å². The average Bonchev–Trinajstić information content (AvgIpc) is 2.62. The van der Waals surface area contributed by atoms with Gasteiger partial charge in [0.15, 0.2) is 0 Å². The Morgan fingerprint density at radius 3 is 2.18 bits per heavy atom. The van der Waals surface area contributed by atoms with Crippen LogP contribution in [-0.4, -0.2) is 20.2 Å². The standard InChI is InChI=1S/C17H18O3.C2H6/c1-19-15-10-6-9-14(11-15)16(12-17(18)20-2)13-7-4-3-5-8-13;1-2/h3-11,16H,12H2,1-2H3;1-2H3. The molecule has 2 aromatic rings. The first kappa shape index (κ1) is 17.8. The topological polar surface area (TPSA) is 35.5 Å². The largest absolute Gasteiger partial charge is 0.497 e. The maximum Gasteiger partial charge on any atom is 0.306 e. The van der Waals surface area contributed by atoms with Gasteiger partial charge in [-0.1, -0.05) is 56.3 Å². The molecule has 0 aromatic heterocycles. The number of ether oxygens (including phenoxy) is 2. The van der Waals surface area contributed by atoms with Gasteiger partial charge in [0, 0.05) is 5.92 Å². The molecule has 2 rings (SSSR count). The van der Waals surface area contributed by atoms with Crippen LogP contribution in [0.25, 0.3) is 0 Å². The van der Waals surface area contributed by atoms with Crippen molar-refractivity contribution < 1.29 is 14.3 Å². The molecule has 1 unspecified atom stereocenters. The van der Waals surface area contributed by atoms with Gasteiger partial charge in [-0.15, -0.1) is 0 Å². The van der Waals surface area contributed by atoms with Crippen molar-refractivity contribution in [2.75, 3.05) is 14.2 Å². The fraction of sp³-hybridized carbons (Fsp3) is 0.316. The second-order valence-corrected chi connectivity index (χ2v) is 4.52. The lowest BCUT2D eigenvalue weighted by Gasteiger charge is -2.17. The Balaban J connectivity index is 0.00000116. The monoisotopic (exact) mass is 300 g/mol. The highest BCUT2D eigenvalue weighted by Crippen LogP contribution is 2.30. The van der Waals surface area contributed by atoms with Crippen LogP contribution < -0.4 is 4.74 Å². The molecule has 0 aliphatic rings. The van der Waals surface area contributed by atoms with Gasteiger partial charge in [-0.05, 0) is 23.3 Å². The van der Waals surface area contributed by atoms with Crippen LogP contribution >= 0.6 is 0 Å².